The molecule has 0 spiro atoms. The van der Waals surface area contributed by atoms with Gasteiger partial charge in [-0.15, -0.1) is 0 Å². The third kappa shape index (κ3) is 0.798. The summed E-state index contributed by atoms with van der Waals surface area (Å²) in [7, 11) is 0. The summed E-state index contributed by atoms with van der Waals surface area (Å²) in [4.78, 5) is 0. The molecule has 0 heterocycles. The SMILES string of the molecule is CCC1(C)CCC1(C)C. The lowest BCUT2D eigenvalue weighted by Crippen LogP contribution is -2.44. The van der Waals surface area contributed by atoms with Crippen LogP contribution in [-0.2, 0) is 0 Å². The second-order valence-corrected chi connectivity index (χ2v) is 4.30. The van der Waals surface area contributed by atoms with Crippen LogP contribution in [0.3, 0.4) is 0 Å². The molecule has 54 valence electrons. The Morgan fingerprint density at radius 3 is 1.67 bits per heavy atom. The topological polar surface area (TPSA) is 0 Å². The van der Waals surface area contributed by atoms with Gasteiger partial charge in [-0.1, -0.05) is 34.1 Å². The van der Waals surface area contributed by atoms with E-state index in [1.807, 2.05) is 0 Å². The number of rotatable bonds is 1. The molecule has 0 radical (unpaired) electrons. The van der Waals surface area contributed by atoms with Crippen LogP contribution in [0.4, 0.5) is 0 Å². The van der Waals surface area contributed by atoms with E-state index in [4.69, 9.17) is 0 Å². The normalized spacial score (nSPS) is 40.0. The zero-order valence-electron chi connectivity index (χ0n) is 7.12. The highest BCUT2D eigenvalue weighted by Crippen LogP contribution is 2.57. The van der Waals surface area contributed by atoms with Crippen molar-refractivity contribution >= 4 is 0 Å². The molecule has 0 saturated heterocycles. The van der Waals surface area contributed by atoms with Crippen LogP contribution in [0.25, 0.3) is 0 Å². The van der Waals surface area contributed by atoms with Crippen LogP contribution in [0.2, 0.25) is 0 Å². The third-order valence-electron chi connectivity index (χ3n) is 3.72. The van der Waals surface area contributed by atoms with Crippen molar-refractivity contribution in [3.8, 4) is 0 Å². The molecule has 0 aliphatic heterocycles. The van der Waals surface area contributed by atoms with Gasteiger partial charge >= 0.3 is 0 Å². The monoisotopic (exact) mass is 126 g/mol. The lowest BCUT2D eigenvalue weighted by molar-refractivity contribution is -0.0374. The fourth-order valence-electron chi connectivity index (χ4n) is 1.71. The smallest absolute Gasteiger partial charge is 0.0277 e. The molecule has 0 heteroatoms. The van der Waals surface area contributed by atoms with Gasteiger partial charge in [0.1, 0.15) is 0 Å². The molecule has 1 fully saturated rings. The first kappa shape index (κ1) is 7.11. The van der Waals surface area contributed by atoms with Crippen LogP contribution in [0.5, 0.6) is 0 Å². The third-order valence-corrected chi connectivity index (χ3v) is 3.72. The van der Waals surface area contributed by atoms with E-state index in [0.717, 1.165) is 0 Å². The van der Waals surface area contributed by atoms with E-state index in [0.29, 0.717) is 10.8 Å². The highest BCUT2D eigenvalue weighted by atomic mass is 14.5. The summed E-state index contributed by atoms with van der Waals surface area (Å²) in [5.74, 6) is 0. The van der Waals surface area contributed by atoms with Gasteiger partial charge in [-0.25, -0.2) is 0 Å². The lowest BCUT2D eigenvalue weighted by atomic mass is 9.51. The Morgan fingerprint density at radius 2 is 1.67 bits per heavy atom. The zero-order valence-corrected chi connectivity index (χ0v) is 7.12. The molecule has 0 amide bonds. The summed E-state index contributed by atoms with van der Waals surface area (Å²) in [5, 5.41) is 0. The van der Waals surface area contributed by atoms with Crippen LogP contribution in [0, 0.1) is 10.8 Å². The second kappa shape index (κ2) is 1.74. The molecule has 1 atom stereocenters. The molecule has 0 aromatic carbocycles. The molecule has 1 aliphatic rings. The maximum absolute atomic E-state index is 2.41. The second-order valence-electron chi connectivity index (χ2n) is 4.30. The van der Waals surface area contributed by atoms with Crippen LogP contribution in [0.1, 0.15) is 47.0 Å². The molecule has 1 aliphatic carbocycles. The molecule has 0 aromatic heterocycles. The minimum absolute atomic E-state index is 0.627. The number of hydrogen-bond acceptors (Lipinski definition) is 0. The fraction of sp³-hybridized carbons (Fsp3) is 1.00. The van der Waals surface area contributed by atoms with Crippen LogP contribution < -0.4 is 0 Å². The van der Waals surface area contributed by atoms with Gasteiger partial charge in [0.15, 0.2) is 0 Å². The van der Waals surface area contributed by atoms with Crippen molar-refractivity contribution in [1.29, 1.82) is 0 Å². The highest BCUT2D eigenvalue weighted by molar-refractivity contribution is 4.97. The number of hydrogen-bond donors (Lipinski definition) is 0. The fourth-order valence-corrected chi connectivity index (χ4v) is 1.71. The standard InChI is InChI=1S/C9H18/c1-5-9(4)7-6-8(9,2)3/h5-7H2,1-4H3. The van der Waals surface area contributed by atoms with E-state index in [1.165, 1.54) is 19.3 Å². The van der Waals surface area contributed by atoms with Gasteiger partial charge in [0.05, 0.1) is 0 Å². The lowest BCUT2D eigenvalue weighted by Gasteiger charge is -2.54. The first-order valence-electron chi connectivity index (χ1n) is 4.02. The van der Waals surface area contributed by atoms with Gasteiger partial charge in [0.2, 0.25) is 0 Å². The van der Waals surface area contributed by atoms with Crippen molar-refractivity contribution in [2.75, 3.05) is 0 Å². The minimum atomic E-state index is 0.627. The molecule has 0 nitrogen and oxygen atoms in total. The summed E-state index contributed by atoms with van der Waals surface area (Å²) in [6.45, 7) is 9.50. The maximum atomic E-state index is 2.41. The first-order valence-corrected chi connectivity index (χ1v) is 4.02. The largest absolute Gasteiger partial charge is 0.0648 e. The predicted octanol–water partition coefficient (Wildman–Crippen LogP) is 3.22. The Hall–Kier alpha value is 0. The maximum Gasteiger partial charge on any atom is -0.0277 e. The van der Waals surface area contributed by atoms with Crippen molar-refractivity contribution in [3.63, 3.8) is 0 Å². The molecule has 0 N–H and O–H groups in total. The van der Waals surface area contributed by atoms with Crippen LogP contribution >= 0.6 is 0 Å². The van der Waals surface area contributed by atoms with E-state index in [-0.39, 0.29) is 0 Å². The summed E-state index contributed by atoms with van der Waals surface area (Å²) in [5.41, 5.74) is 1.29. The van der Waals surface area contributed by atoms with E-state index in [1.54, 1.807) is 0 Å². The summed E-state index contributed by atoms with van der Waals surface area (Å²) in [6, 6.07) is 0. The van der Waals surface area contributed by atoms with Crippen molar-refractivity contribution in [2.45, 2.75) is 47.0 Å². The Kier molecular flexibility index (Phi) is 1.38. The molecular formula is C9H18. The quantitative estimate of drug-likeness (QED) is 0.506. The van der Waals surface area contributed by atoms with Gasteiger partial charge < -0.3 is 0 Å². The molecule has 9 heavy (non-hydrogen) atoms. The molecular weight excluding hydrogens is 108 g/mol. The average molecular weight is 126 g/mol. The van der Waals surface area contributed by atoms with Gasteiger partial charge in [0.25, 0.3) is 0 Å². The molecule has 1 unspecified atom stereocenters. The van der Waals surface area contributed by atoms with Gasteiger partial charge in [0, 0.05) is 0 Å². The van der Waals surface area contributed by atoms with Crippen molar-refractivity contribution in [1.82, 2.24) is 0 Å². The Labute approximate surface area is 58.7 Å². The van der Waals surface area contributed by atoms with Crippen LogP contribution in [-0.4, -0.2) is 0 Å². The predicted molar refractivity (Wildman–Crippen MR) is 41.4 cm³/mol. The molecule has 0 bridgehead atoms. The van der Waals surface area contributed by atoms with Crippen molar-refractivity contribution in [3.05, 3.63) is 0 Å². The average Bonchev–Trinajstić information content (AvgIpc) is 1.84. The summed E-state index contributed by atoms with van der Waals surface area (Å²) < 4.78 is 0. The minimum Gasteiger partial charge on any atom is -0.0648 e. The van der Waals surface area contributed by atoms with Gasteiger partial charge in [-0.3, -0.25) is 0 Å². The van der Waals surface area contributed by atoms with Crippen molar-refractivity contribution in [2.24, 2.45) is 10.8 Å². The highest BCUT2D eigenvalue weighted by Gasteiger charge is 2.47. The van der Waals surface area contributed by atoms with E-state index < -0.39 is 0 Å². The molecule has 1 rings (SSSR count). The Morgan fingerprint density at radius 1 is 1.11 bits per heavy atom. The zero-order chi connectivity index (χ0) is 7.12. The van der Waals surface area contributed by atoms with E-state index in [9.17, 15) is 0 Å². The van der Waals surface area contributed by atoms with Gasteiger partial charge in [-0.2, -0.15) is 0 Å². The Balaban J connectivity index is 2.62. The molecule has 1 saturated carbocycles. The first-order chi connectivity index (χ1) is 4.02. The van der Waals surface area contributed by atoms with Gasteiger partial charge in [-0.05, 0) is 23.7 Å². The van der Waals surface area contributed by atoms with Crippen LogP contribution in [0.15, 0.2) is 0 Å². The summed E-state index contributed by atoms with van der Waals surface area (Å²) >= 11 is 0. The Bertz CT molecular complexity index is 109. The summed E-state index contributed by atoms with van der Waals surface area (Å²) in [6.07, 6.45) is 4.22. The molecule has 0 aromatic rings. The van der Waals surface area contributed by atoms with E-state index in [2.05, 4.69) is 27.7 Å². The van der Waals surface area contributed by atoms with Crippen molar-refractivity contribution < 1.29 is 0 Å². The van der Waals surface area contributed by atoms with E-state index >= 15 is 0 Å².